The van der Waals surface area contributed by atoms with Crippen molar-refractivity contribution >= 4 is 29.1 Å². The van der Waals surface area contributed by atoms with Crippen LogP contribution < -0.4 is 10.6 Å². The highest BCUT2D eigenvalue weighted by Crippen LogP contribution is 2.20. The molecule has 0 bridgehead atoms. The summed E-state index contributed by atoms with van der Waals surface area (Å²) < 4.78 is 5.06. The molecule has 3 rings (SSSR count). The SMILES string of the molecule is CCOC(=O)c1ccccc1Nc1ccc(C(=O)Nc2ccc(CC)cc2)nn1. The summed E-state index contributed by atoms with van der Waals surface area (Å²) in [7, 11) is 0. The lowest BCUT2D eigenvalue weighted by Gasteiger charge is -2.10. The number of carbonyl (C=O) groups excluding carboxylic acids is 2. The summed E-state index contributed by atoms with van der Waals surface area (Å²) in [5, 5.41) is 13.8. The van der Waals surface area contributed by atoms with E-state index in [9.17, 15) is 9.59 Å². The summed E-state index contributed by atoms with van der Waals surface area (Å²) in [5.41, 5.74) is 3.02. The Morgan fingerprint density at radius 3 is 2.34 bits per heavy atom. The van der Waals surface area contributed by atoms with E-state index < -0.39 is 5.97 Å². The number of hydrogen-bond acceptors (Lipinski definition) is 6. The summed E-state index contributed by atoms with van der Waals surface area (Å²) in [6.45, 7) is 4.11. The minimum absolute atomic E-state index is 0.189. The van der Waals surface area contributed by atoms with Crippen molar-refractivity contribution in [2.45, 2.75) is 20.3 Å². The summed E-state index contributed by atoms with van der Waals surface area (Å²) in [6, 6.07) is 17.8. The van der Waals surface area contributed by atoms with Crippen molar-refractivity contribution in [2.75, 3.05) is 17.2 Å². The Bertz CT molecular complexity index is 986. The Hall–Kier alpha value is -3.74. The predicted molar refractivity (Wildman–Crippen MR) is 111 cm³/mol. The zero-order chi connectivity index (χ0) is 20.6. The fraction of sp³-hybridized carbons (Fsp3) is 0.182. The zero-order valence-electron chi connectivity index (χ0n) is 16.3. The highest BCUT2D eigenvalue weighted by Gasteiger charge is 2.13. The van der Waals surface area contributed by atoms with Crippen LogP contribution in [0.2, 0.25) is 0 Å². The molecule has 2 N–H and O–H groups in total. The number of para-hydroxylation sites is 1. The molecule has 0 radical (unpaired) electrons. The van der Waals surface area contributed by atoms with E-state index in [4.69, 9.17) is 4.74 Å². The van der Waals surface area contributed by atoms with Gasteiger partial charge in [-0.15, -0.1) is 10.2 Å². The van der Waals surface area contributed by atoms with E-state index in [1.165, 1.54) is 5.56 Å². The van der Waals surface area contributed by atoms with Crippen LogP contribution in [0.25, 0.3) is 0 Å². The van der Waals surface area contributed by atoms with Crippen LogP contribution in [0, 0.1) is 0 Å². The zero-order valence-corrected chi connectivity index (χ0v) is 16.3. The molecule has 0 saturated carbocycles. The molecule has 148 valence electrons. The van der Waals surface area contributed by atoms with Gasteiger partial charge in [0.05, 0.1) is 17.9 Å². The molecule has 7 nitrogen and oxygen atoms in total. The summed E-state index contributed by atoms with van der Waals surface area (Å²) in [5.74, 6) is -0.362. The van der Waals surface area contributed by atoms with Gasteiger partial charge in [0.1, 0.15) is 0 Å². The van der Waals surface area contributed by atoms with Crippen molar-refractivity contribution in [3.63, 3.8) is 0 Å². The normalized spacial score (nSPS) is 10.3. The van der Waals surface area contributed by atoms with Gasteiger partial charge in [-0.05, 0) is 55.3 Å². The lowest BCUT2D eigenvalue weighted by molar-refractivity contribution is 0.0527. The van der Waals surface area contributed by atoms with Gasteiger partial charge in [-0.1, -0.05) is 31.2 Å². The van der Waals surface area contributed by atoms with Crippen LogP contribution in [-0.2, 0) is 11.2 Å². The molecule has 0 aliphatic carbocycles. The summed E-state index contributed by atoms with van der Waals surface area (Å²) >= 11 is 0. The fourth-order valence-corrected chi connectivity index (χ4v) is 2.66. The molecule has 0 fully saturated rings. The van der Waals surface area contributed by atoms with E-state index in [2.05, 4.69) is 27.8 Å². The molecule has 1 heterocycles. The number of aryl methyl sites for hydroxylation is 1. The lowest BCUT2D eigenvalue weighted by Crippen LogP contribution is -2.14. The van der Waals surface area contributed by atoms with Crippen molar-refractivity contribution in [1.29, 1.82) is 0 Å². The molecule has 29 heavy (non-hydrogen) atoms. The monoisotopic (exact) mass is 390 g/mol. The van der Waals surface area contributed by atoms with Gasteiger partial charge in [-0.3, -0.25) is 4.79 Å². The molecule has 0 unspecified atom stereocenters. The van der Waals surface area contributed by atoms with Crippen molar-refractivity contribution in [2.24, 2.45) is 0 Å². The molecule has 1 amide bonds. The van der Waals surface area contributed by atoms with Gasteiger partial charge in [-0.25, -0.2) is 4.79 Å². The van der Waals surface area contributed by atoms with Crippen LogP contribution in [0.15, 0.2) is 60.7 Å². The molecule has 0 aliphatic rings. The number of anilines is 3. The Labute approximate surface area is 169 Å². The second kappa shape index (κ2) is 9.45. The first-order chi connectivity index (χ1) is 14.1. The van der Waals surface area contributed by atoms with Crippen LogP contribution in [0.1, 0.15) is 40.3 Å². The lowest BCUT2D eigenvalue weighted by atomic mass is 10.1. The molecule has 1 aromatic heterocycles. The number of benzene rings is 2. The molecule has 0 atom stereocenters. The quantitative estimate of drug-likeness (QED) is 0.587. The third-order valence-electron chi connectivity index (χ3n) is 4.20. The largest absolute Gasteiger partial charge is 0.462 e. The van der Waals surface area contributed by atoms with E-state index in [1.54, 1.807) is 43.3 Å². The molecule has 2 aromatic carbocycles. The van der Waals surface area contributed by atoms with E-state index >= 15 is 0 Å². The first-order valence-electron chi connectivity index (χ1n) is 9.38. The summed E-state index contributed by atoms with van der Waals surface area (Å²) in [4.78, 5) is 24.4. The molecule has 0 aliphatic heterocycles. The number of ether oxygens (including phenoxy) is 1. The Balaban J connectivity index is 1.69. The number of esters is 1. The van der Waals surface area contributed by atoms with Gasteiger partial charge < -0.3 is 15.4 Å². The second-order valence-corrected chi connectivity index (χ2v) is 6.20. The van der Waals surface area contributed by atoms with Gasteiger partial charge in [0.2, 0.25) is 0 Å². The number of carbonyl (C=O) groups is 2. The van der Waals surface area contributed by atoms with E-state index in [0.717, 1.165) is 6.42 Å². The molecular weight excluding hydrogens is 368 g/mol. The molecule has 3 aromatic rings. The summed E-state index contributed by atoms with van der Waals surface area (Å²) in [6.07, 6.45) is 0.938. The molecule has 0 saturated heterocycles. The average molecular weight is 390 g/mol. The Morgan fingerprint density at radius 1 is 0.931 bits per heavy atom. The number of nitrogens with zero attached hydrogens (tertiary/aromatic N) is 2. The number of aromatic nitrogens is 2. The first kappa shape index (κ1) is 20.0. The van der Waals surface area contributed by atoms with Crippen LogP contribution >= 0.6 is 0 Å². The average Bonchev–Trinajstić information content (AvgIpc) is 2.75. The Morgan fingerprint density at radius 2 is 1.69 bits per heavy atom. The van der Waals surface area contributed by atoms with E-state index in [1.807, 2.05) is 24.3 Å². The Kier molecular flexibility index (Phi) is 6.52. The van der Waals surface area contributed by atoms with E-state index in [0.29, 0.717) is 22.8 Å². The minimum Gasteiger partial charge on any atom is -0.462 e. The maximum atomic E-state index is 12.4. The van der Waals surface area contributed by atoms with E-state index in [-0.39, 0.29) is 18.2 Å². The third kappa shape index (κ3) is 5.16. The van der Waals surface area contributed by atoms with Crippen molar-refractivity contribution in [3.8, 4) is 0 Å². The fourth-order valence-electron chi connectivity index (χ4n) is 2.66. The van der Waals surface area contributed by atoms with Gasteiger partial charge >= 0.3 is 5.97 Å². The number of amides is 1. The highest BCUT2D eigenvalue weighted by atomic mass is 16.5. The van der Waals surface area contributed by atoms with Crippen molar-refractivity contribution in [1.82, 2.24) is 10.2 Å². The second-order valence-electron chi connectivity index (χ2n) is 6.20. The van der Waals surface area contributed by atoms with Crippen LogP contribution in [0.4, 0.5) is 17.2 Å². The molecular formula is C22H22N4O3. The number of hydrogen-bond donors (Lipinski definition) is 2. The van der Waals surface area contributed by atoms with Gasteiger partial charge in [0, 0.05) is 5.69 Å². The van der Waals surface area contributed by atoms with Gasteiger partial charge in [0.15, 0.2) is 11.5 Å². The third-order valence-corrected chi connectivity index (χ3v) is 4.20. The predicted octanol–water partition coefficient (Wildman–Crippen LogP) is 4.21. The smallest absolute Gasteiger partial charge is 0.340 e. The molecule has 7 heteroatoms. The maximum Gasteiger partial charge on any atom is 0.340 e. The maximum absolute atomic E-state index is 12.4. The van der Waals surface area contributed by atoms with Gasteiger partial charge in [0.25, 0.3) is 5.91 Å². The topological polar surface area (TPSA) is 93.2 Å². The molecule has 0 spiro atoms. The van der Waals surface area contributed by atoms with Crippen LogP contribution in [0.3, 0.4) is 0 Å². The van der Waals surface area contributed by atoms with Gasteiger partial charge in [-0.2, -0.15) is 0 Å². The van der Waals surface area contributed by atoms with Crippen molar-refractivity contribution in [3.05, 3.63) is 77.5 Å². The number of rotatable bonds is 7. The highest BCUT2D eigenvalue weighted by molar-refractivity contribution is 6.02. The standard InChI is InChI=1S/C22H22N4O3/c1-3-15-9-11-16(12-10-15)23-21(27)19-13-14-20(26-25-19)24-18-8-6-5-7-17(18)22(28)29-4-2/h5-14H,3-4H2,1-2H3,(H,23,27)(H,24,26). The van der Waals surface area contributed by atoms with Crippen molar-refractivity contribution < 1.29 is 14.3 Å². The van der Waals surface area contributed by atoms with Crippen LogP contribution in [0.5, 0.6) is 0 Å². The first-order valence-corrected chi connectivity index (χ1v) is 9.38. The van der Waals surface area contributed by atoms with Crippen LogP contribution in [-0.4, -0.2) is 28.7 Å². The number of nitrogens with one attached hydrogen (secondary N) is 2. The minimum atomic E-state index is -0.423.